The van der Waals surface area contributed by atoms with Crippen molar-refractivity contribution in [3.63, 3.8) is 0 Å². The van der Waals surface area contributed by atoms with Crippen molar-refractivity contribution in [2.45, 2.75) is 0 Å². The molecular formula is C19H8ClNO5. The number of carbonyl (C=O) groups excluding carboxylic acids is 4. The molecule has 1 aromatic carbocycles. The predicted octanol–water partition coefficient (Wildman–Crippen LogP) is 2.69. The first kappa shape index (κ1) is 16.1. The Hall–Kier alpha value is -3.38. The van der Waals surface area contributed by atoms with Crippen LogP contribution in [0.4, 0.5) is 0 Å². The second-order valence-electron chi connectivity index (χ2n) is 5.67. The zero-order valence-corrected chi connectivity index (χ0v) is 13.7. The van der Waals surface area contributed by atoms with Gasteiger partial charge in [0, 0.05) is 22.9 Å². The number of fused-ring (bicyclic) bond motifs is 2. The van der Waals surface area contributed by atoms with Crippen LogP contribution >= 0.6 is 11.6 Å². The van der Waals surface area contributed by atoms with Gasteiger partial charge in [-0.1, -0.05) is 35.9 Å². The standard InChI is InChI=1S/C19H8ClNO5/c20-13-11(15(22)8-4-1-2-5-9(8)17(13)24)12-16(23)10-6-3-7-21-14(10)19(26)18(12)25/h1-7,23H. The summed E-state index contributed by atoms with van der Waals surface area (Å²) < 4.78 is 0. The Balaban J connectivity index is 2.02. The van der Waals surface area contributed by atoms with E-state index in [4.69, 9.17) is 11.6 Å². The minimum Gasteiger partial charge on any atom is -0.506 e. The van der Waals surface area contributed by atoms with E-state index in [1.54, 1.807) is 12.1 Å². The Bertz CT molecular complexity index is 1130. The quantitative estimate of drug-likeness (QED) is 0.779. The number of allylic oxidation sites excluding steroid dienone is 3. The molecule has 0 bridgehead atoms. The third-order valence-corrected chi connectivity index (χ3v) is 4.62. The van der Waals surface area contributed by atoms with Gasteiger partial charge in [-0.15, -0.1) is 0 Å². The molecule has 6 nitrogen and oxygen atoms in total. The molecule has 2 aliphatic rings. The number of benzene rings is 1. The molecule has 1 aromatic heterocycles. The summed E-state index contributed by atoms with van der Waals surface area (Å²) in [4.78, 5) is 54.0. The zero-order chi connectivity index (χ0) is 18.6. The lowest BCUT2D eigenvalue weighted by molar-refractivity contribution is -0.111. The molecule has 0 amide bonds. The van der Waals surface area contributed by atoms with Gasteiger partial charge >= 0.3 is 0 Å². The Labute approximate surface area is 151 Å². The number of nitrogens with zero attached hydrogens (tertiary/aromatic N) is 1. The van der Waals surface area contributed by atoms with Crippen LogP contribution in [0.15, 0.2) is 58.8 Å². The number of aliphatic hydroxyl groups excluding tert-OH is 1. The Kier molecular flexibility index (Phi) is 3.45. The van der Waals surface area contributed by atoms with Crippen LogP contribution in [0.3, 0.4) is 0 Å². The molecule has 0 aliphatic heterocycles. The largest absolute Gasteiger partial charge is 0.506 e. The van der Waals surface area contributed by atoms with Gasteiger partial charge in [-0.3, -0.25) is 24.2 Å². The number of hydrogen-bond acceptors (Lipinski definition) is 6. The first-order valence-electron chi connectivity index (χ1n) is 7.49. The van der Waals surface area contributed by atoms with E-state index in [-0.39, 0.29) is 22.4 Å². The van der Waals surface area contributed by atoms with E-state index >= 15 is 0 Å². The highest BCUT2D eigenvalue weighted by atomic mass is 35.5. The van der Waals surface area contributed by atoms with Crippen LogP contribution < -0.4 is 0 Å². The van der Waals surface area contributed by atoms with Crippen molar-refractivity contribution in [1.29, 1.82) is 0 Å². The molecule has 0 saturated heterocycles. The summed E-state index contributed by atoms with van der Waals surface area (Å²) in [5, 5.41) is 10.0. The molecule has 4 rings (SSSR count). The van der Waals surface area contributed by atoms with Crippen molar-refractivity contribution in [3.8, 4) is 0 Å². The lowest BCUT2D eigenvalue weighted by Crippen LogP contribution is -2.31. The molecule has 126 valence electrons. The van der Waals surface area contributed by atoms with Crippen molar-refractivity contribution in [1.82, 2.24) is 4.98 Å². The fraction of sp³-hybridized carbons (Fsp3) is 0. The van der Waals surface area contributed by atoms with E-state index in [1.807, 2.05) is 0 Å². The van der Waals surface area contributed by atoms with Gasteiger partial charge in [0.05, 0.1) is 11.1 Å². The molecule has 0 atom stereocenters. The molecule has 0 saturated carbocycles. The number of aliphatic hydroxyl groups is 1. The van der Waals surface area contributed by atoms with Crippen LogP contribution in [0.25, 0.3) is 5.76 Å². The zero-order valence-electron chi connectivity index (χ0n) is 12.9. The van der Waals surface area contributed by atoms with Crippen molar-refractivity contribution in [2.24, 2.45) is 0 Å². The van der Waals surface area contributed by atoms with Crippen molar-refractivity contribution in [2.75, 3.05) is 0 Å². The molecule has 0 unspecified atom stereocenters. The maximum absolute atomic E-state index is 12.9. The van der Waals surface area contributed by atoms with Gasteiger partial charge < -0.3 is 5.11 Å². The van der Waals surface area contributed by atoms with Crippen LogP contribution in [0.1, 0.15) is 36.8 Å². The average Bonchev–Trinajstić information content (AvgIpc) is 2.67. The van der Waals surface area contributed by atoms with Crippen molar-refractivity contribution < 1.29 is 24.3 Å². The minimum atomic E-state index is -1.14. The van der Waals surface area contributed by atoms with E-state index in [2.05, 4.69) is 4.98 Å². The number of carbonyl (C=O) groups is 4. The van der Waals surface area contributed by atoms with E-state index in [1.165, 1.54) is 30.5 Å². The normalized spacial score (nSPS) is 16.8. The summed E-state index contributed by atoms with van der Waals surface area (Å²) in [6, 6.07) is 8.85. The third-order valence-electron chi connectivity index (χ3n) is 4.26. The number of Topliss-reactive ketones (excluding diaryl/α,β-unsaturated/α-hetero) is 4. The number of hydrogen-bond donors (Lipinski definition) is 1. The highest BCUT2D eigenvalue weighted by Crippen LogP contribution is 2.38. The summed E-state index contributed by atoms with van der Waals surface area (Å²) in [6.45, 7) is 0. The molecule has 7 heteroatoms. The van der Waals surface area contributed by atoms with Crippen LogP contribution in [-0.4, -0.2) is 33.2 Å². The maximum Gasteiger partial charge on any atom is 0.252 e. The molecule has 1 heterocycles. The number of rotatable bonds is 1. The summed E-state index contributed by atoms with van der Waals surface area (Å²) in [6.07, 6.45) is 1.31. The van der Waals surface area contributed by atoms with E-state index in [0.717, 1.165) is 0 Å². The van der Waals surface area contributed by atoms with Gasteiger partial charge in [0.15, 0.2) is 5.78 Å². The van der Waals surface area contributed by atoms with Crippen molar-refractivity contribution in [3.05, 3.63) is 81.2 Å². The minimum absolute atomic E-state index is 0.00294. The van der Waals surface area contributed by atoms with Gasteiger partial charge in [0.2, 0.25) is 11.6 Å². The summed E-state index contributed by atoms with van der Waals surface area (Å²) in [5.74, 6) is -4.09. The molecule has 1 N–H and O–H groups in total. The van der Waals surface area contributed by atoms with Crippen LogP contribution in [0.5, 0.6) is 0 Å². The van der Waals surface area contributed by atoms with Crippen LogP contribution in [0, 0.1) is 0 Å². The highest BCUT2D eigenvalue weighted by molar-refractivity contribution is 6.57. The van der Waals surface area contributed by atoms with Gasteiger partial charge in [0.1, 0.15) is 16.5 Å². The van der Waals surface area contributed by atoms with Crippen LogP contribution in [-0.2, 0) is 4.79 Å². The second-order valence-corrected chi connectivity index (χ2v) is 6.05. The first-order chi connectivity index (χ1) is 12.4. The number of aromatic nitrogens is 1. The van der Waals surface area contributed by atoms with Crippen LogP contribution in [0.2, 0.25) is 0 Å². The van der Waals surface area contributed by atoms with E-state index in [0.29, 0.717) is 0 Å². The monoisotopic (exact) mass is 365 g/mol. The van der Waals surface area contributed by atoms with Gasteiger partial charge in [-0.2, -0.15) is 0 Å². The fourth-order valence-electron chi connectivity index (χ4n) is 3.04. The maximum atomic E-state index is 12.9. The number of halogens is 1. The molecular weight excluding hydrogens is 358 g/mol. The molecule has 26 heavy (non-hydrogen) atoms. The molecule has 0 spiro atoms. The van der Waals surface area contributed by atoms with Gasteiger partial charge in [0.25, 0.3) is 5.78 Å². The highest BCUT2D eigenvalue weighted by Gasteiger charge is 2.42. The Morgan fingerprint density at radius 2 is 1.35 bits per heavy atom. The lowest BCUT2D eigenvalue weighted by Gasteiger charge is -2.22. The predicted molar refractivity (Wildman–Crippen MR) is 91.1 cm³/mol. The Morgan fingerprint density at radius 3 is 2.04 bits per heavy atom. The van der Waals surface area contributed by atoms with E-state index < -0.39 is 45.1 Å². The molecule has 0 fully saturated rings. The summed E-state index contributed by atoms with van der Waals surface area (Å²) in [5.41, 5.74) is -1.11. The molecule has 2 aromatic rings. The fourth-order valence-corrected chi connectivity index (χ4v) is 3.32. The van der Waals surface area contributed by atoms with Gasteiger partial charge in [-0.25, -0.2) is 0 Å². The van der Waals surface area contributed by atoms with E-state index in [9.17, 15) is 24.3 Å². The number of pyridine rings is 1. The number of ketones is 4. The molecule has 0 radical (unpaired) electrons. The first-order valence-corrected chi connectivity index (χ1v) is 7.87. The summed E-state index contributed by atoms with van der Waals surface area (Å²) in [7, 11) is 0. The molecule has 2 aliphatic carbocycles. The third kappa shape index (κ3) is 2.02. The summed E-state index contributed by atoms with van der Waals surface area (Å²) >= 11 is 6.08. The average molecular weight is 366 g/mol. The lowest BCUT2D eigenvalue weighted by atomic mass is 9.80. The van der Waals surface area contributed by atoms with Gasteiger partial charge in [-0.05, 0) is 12.1 Å². The Morgan fingerprint density at radius 1 is 0.731 bits per heavy atom. The SMILES string of the molecule is O=C1C(=O)c2ncccc2C(O)=C1C1=C(Cl)C(=O)c2ccccc2C1=O. The topological polar surface area (TPSA) is 101 Å². The second kappa shape index (κ2) is 5.57. The smallest absolute Gasteiger partial charge is 0.252 e. The van der Waals surface area contributed by atoms with Crippen molar-refractivity contribution >= 4 is 40.5 Å².